The molecule has 3 heterocycles. The molecule has 1 saturated heterocycles. The molecule has 2 aromatic heterocycles. The number of nitrogens with zero attached hydrogens (tertiary/aromatic N) is 3. The van der Waals surface area contributed by atoms with Gasteiger partial charge >= 0.3 is 0 Å². The van der Waals surface area contributed by atoms with Crippen LogP contribution in [0.1, 0.15) is 5.69 Å². The lowest BCUT2D eigenvalue weighted by molar-refractivity contribution is 0.0336. The Morgan fingerprint density at radius 2 is 1.89 bits per heavy atom. The highest BCUT2D eigenvalue weighted by Crippen LogP contribution is 2.34. The summed E-state index contributed by atoms with van der Waals surface area (Å²) in [5.74, 6) is 0. The van der Waals surface area contributed by atoms with Crippen LogP contribution < -0.4 is 0 Å². The number of benzene rings is 1. The predicted molar refractivity (Wildman–Crippen MR) is 108 cm³/mol. The zero-order valence-corrected chi connectivity index (χ0v) is 17.5. The standard InChI is InChI=1S/C18H17BrClN3O3S/c19-16-11-21-18-15(17(16)20)10-13(12-22-6-8-26-9-7-22)23(18)27(24,25)14-4-2-1-3-5-14/h1-5,10-11H,6-9,12H2. The maximum atomic E-state index is 13.4. The molecule has 3 aromatic rings. The number of hydrogen-bond donors (Lipinski definition) is 0. The summed E-state index contributed by atoms with van der Waals surface area (Å²) in [7, 11) is -3.81. The number of pyridine rings is 1. The molecule has 4 rings (SSSR count). The van der Waals surface area contributed by atoms with Crippen molar-refractivity contribution < 1.29 is 13.2 Å². The molecule has 27 heavy (non-hydrogen) atoms. The van der Waals surface area contributed by atoms with Crippen molar-refractivity contribution in [3.8, 4) is 0 Å². The van der Waals surface area contributed by atoms with Gasteiger partial charge in [0.1, 0.15) is 0 Å². The van der Waals surface area contributed by atoms with Crippen molar-refractivity contribution >= 4 is 48.6 Å². The zero-order chi connectivity index (χ0) is 19.0. The van der Waals surface area contributed by atoms with E-state index in [2.05, 4.69) is 25.8 Å². The summed E-state index contributed by atoms with van der Waals surface area (Å²) in [6.45, 7) is 3.24. The third kappa shape index (κ3) is 3.52. The molecule has 1 fully saturated rings. The first-order chi connectivity index (χ1) is 13.0. The average Bonchev–Trinajstić information content (AvgIpc) is 3.06. The number of fused-ring (bicyclic) bond motifs is 1. The van der Waals surface area contributed by atoms with Gasteiger partial charge in [-0.15, -0.1) is 0 Å². The van der Waals surface area contributed by atoms with Crippen molar-refractivity contribution in [1.29, 1.82) is 0 Å². The maximum absolute atomic E-state index is 13.4. The summed E-state index contributed by atoms with van der Waals surface area (Å²) in [4.78, 5) is 6.74. The predicted octanol–water partition coefficient (Wildman–Crippen LogP) is 3.52. The van der Waals surface area contributed by atoms with E-state index in [9.17, 15) is 8.42 Å². The molecule has 1 aromatic carbocycles. The van der Waals surface area contributed by atoms with Crippen molar-refractivity contribution in [2.24, 2.45) is 0 Å². The van der Waals surface area contributed by atoms with Gasteiger partial charge in [0.2, 0.25) is 0 Å². The number of aromatic nitrogens is 2. The molecule has 1 aliphatic heterocycles. The summed E-state index contributed by atoms with van der Waals surface area (Å²) in [5.41, 5.74) is 0.957. The van der Waals surface area contributed by atoms with Gasteiger partial charge < -0.3 is 4.74 Å². The van der Waals surface area contributed by atoms with E-state index in [1.54, 1.807) is 30.3 Å². The van der Waals surface area contributed by atoms with Crippen LogP contribution in [-0.2, 0) is 21.3 Å². The number of ether oxygens (including phenoxy) is 1. The highest BCUT2D eigenvalue weighted by atomic mass is 79.9. The number of hydrogen-bond acceptors (Lipinski definition) is 5. The summed E-state index contributed by atoms with van der Waals surface area (Å²) in [5, 5.41) is 1.05. The molecule has 0 spiro atoms. The summed E-state index contributed by atoms with van der Waals surface area (Å²) < 4.78 is 34.1. The lowest BCUT2D eigenvalue weighted by Gasteiger charge is -2.26. The van der Waals surface area contributed by atoms with E-state index in [0.717, 1.165) is 13.1 Å². The van der Waals surface area contributed by atoms with Crippen LogP contribution in [0.4, 0.5) is 0 Å². The fourth-order valence-corrected chi connectivity index (χ4v) is 5.19. The summed E-state index contributed by atoms with van der Waals surface area (Å²) >= 11 is 9.79. The number of halogens is 2. The second kappa shape index (κ2) is 7.52. The van der Waals surface area contributed by atoms with E-state index in [4.69, 9.17) is 16.3 Å². The van der Waals surface area contributed by atoms with Crippen LogP contribution in [-0.4, -0.2) is 48.6 Å². The van der Waals surface area contributed by atoms with Crippen molar-refractivity contribution in [3.63, 3.8) is 0 Å². The Hall–Kier alpha value is -1.45. The van der Waals surface area contributed by atoms with E-state index in [1.165, 1.54) is 10.2 Å². The zero-order valence-electron chi connectivity index (χ0n) is 14.3. The SMILES string of the molecule is O=S(=O)(c1ccccc1)n1c(CN2CCOCC2)cc2c(Cl)c(Br)cnc21. The van der Waals surface area contributed by atoms with Crippen LogP contribution in [0, 0.1) is 0 Å². The Balaban J connectivity index is 1.91. The van der Waals surface area contributed by atoms with E-state index in [-0.39, 0.29) is 4.90 Å². The third-order valence-corrected chi connectivity index (χ3v) is 7.51. The van der Waals surface area contributed by atoms with Crippen molar-refractivity contribution in [1.82, 2.24) is 13.9 Å². The van der Waals surface area contributed by atoms with Crippen LogP contribution >= 0.6 is 27.5 Å². The molecule has 0 radical (unpaired) electrons. The van der Waals surface area contributed by atoms with Gasteiger partial charge in [0.15, 0.2) is 5.65 Å². The molecule has 0 saturated carbocycles. The summed E-state index contributed by atoms with van der Waals surface area (Å²) in [6, 6.07) is 10.2. The van der Waals surface area contributed by atoms with Gasteiger partial charge in [-0.1, -0.05) is 29.8 Å². The fraction of sp³-hybridized carbons (Fsp3) is 0.278. The van der Waals surface area contributed by atoms with Crippen LogP contribution in [0.2, 0.25) is 5.02 Å². The first-order valence-corrected chi connectivity index (χ1v) is 11.0. The molecule has 0 bridgehead atoms. The van der Waals surface area contributed by atoms with Crippen LogP contribution in [0.5, 0.6) is 0 Å². The highest BCUT2D eigenvalue weighted by molar-refractivity contribution is 9.10. The first-order valence-electron chi connectivity index (χ1n) is 8.43. The Labute approximate surface area is 170 Å². The van der Waals surface area contributed by atoms with Crippen molar-refractivity contribution in [2.45, 2.75) is 11.4 Å². The molecular weight excluding hydrogens is 454 g/mol. The Morgan fingerprint density at radius 1 is 1.19 bits per heavy atom. The average molecular weight is 471 g/mol. The molecule has 0 atom stereocenters. The molecule has 0 unspecified atom stereocenters. The van der Waals surface area contributed by atoms with Crippen molar-refractivity contribution in [3.05, 3.63) is 57.8 Å². The molecule has 0 aliphatic carbocycles. The van der Waals surface area contributed by atoms with E-state index in [1.807, 2.05) is 6.07 Å². The van der Waals surface area contributed by atoms with Crippen LogP contribution in [0.15, 0.2) is 52.0 Å². The quantitative estimate of drug-likeness (QED) is 0.584. The topological polar surface area (TPSA) is 64.4 Å². The first kappa shape index (κ1) is 18.9. The Kier molecular flexibility index (Phi) is 5.26. The normalized spacial score (nSPS) is 16.1. The largest absolute Gasteiger partial charge is 0.379 e. The highest BCUT2D eigenvalue weighted by Gasteiger charge is 2.26. The van der Waals surface area contributed by atoms with Gasteiger partial charge in [0, 0.05) is 31.2 Å². The molecular formula is C18H17BrClN3O3S. The maximum Gasteiger partial charge on any atom is 0.269 e. The van der Waals surface area contributed by atoms with Crippen molar-refractivity contribution in [2.75, 3.05) is 26.3 Å². The summed E-state index contributed by atoms with van der Waals surface area (Å²) in [6.07, 6.45) is 1.53. The number of morpholine rings is 1. The van der Waals surface area contributed by atoms with Gasteiger partial charge in [-0.2, -0.15) is 0 Å². The monoisotopic (exact) mass is 469 g/mol. The molecule has 6 nitrogen and oxygen atoms in total. The minimum Gasteiger partial charge on any atom is -0.379 e. The van der Waals surface area contributed by atoms with Gasteiger partial charge in [-0.05, 0) is 34.1 Å². The van der Waals surface area contributed by atoms with Crippen LogP contribution in [0.3, 0.4) is 0 Å². The second-order valence-corrected chi connectivity index (χ2v) is 9.28. The minimum absolute atomic E-state index is 0.214. The molecule has 1 aliphatic rings. The van der Waals surface area contributed by atoms with Gasteiger partial charge in [0.05, 0.1) is 33.3 Å². The van der Waals surface area contributed by atoms with E-state index >= 15 is 0 Å². The second-order valence-electron chi connectivity index (χ2n) is 6.26. The minimum atomic E-state index is -3.81. The van der Waals surface area contributed by atoms with Crippen LogP contribution in [0.25, 0.3) is 11.0 Å². The van der Waals surface area contributed by atoms with E-state index in [0.29, 0.717) is 46.0 Å². The van der Waals surface area contributed by atoms with Gasteiger partial charge in [-0.3, -0.25) is 4.90 Å². The van der Waals surface area contributed by atoms with E-state index < -0.39 is 10.0 Å². The Bertz CT molecular complexity index is 1080. The lowest BCUT2D eigenvalue weighted by Crippen LogP contribution is -2.36. The smallest absolute Gasteiger partial charge is 0.269 e. The van der Waals surface area contributed by atoms with Gasteiger partial charge in [0.25, 0.3) is 10.0 Å². The fourth-order valence-electron chi connectivity index (χ4n) is 3.19. The molecule has 9 heteroatoms. The third-order valence-electron chi connectivity index (χ3n) is 4.52. The lowest BCUT2D eigenvalue weighted by atomic mass is 10.3. The Morgan fingerprint density at radius 3 is 2.59 bits per heavy atom. The number of rotatable bonds is 4. The molecule has 142 valence electrons. The molecule has 0 N–H and O–H groups in total. The van der Waals surface area contributed by atoms with Gasteiger partial charge in [-0.25, -0.2) is 17.4 Å². The molecule has 0 amide bonds.